The van der Waals surface area contributed by atoms with Gasteiger partial charge in [0.15, 0.2) is 5.96 Å². The van der Waals surface area contributed by atoms with E-state index in [1.165, 1.54) is 37.0 Å². The lowest BCUT2D eigenvalue weighted by Gasteiger charge is -2.39. The molecule has 6 heteroatoms. The van der Waals surface area contributed by atoms with Crippen LogP contribution in [0, 0.1) is 11.3 Å². The van der Waals surface area contributed by atoms with Crippen LogP contribution in [0.25, 0.3) is 10.9 Å². The molecule has 1 amide bonds. The normalized spacial score (nSPS) is 24.9. The van der Waals surface area contributed by atoms with Crippen molar-refractivity contribution in [2.75, 3.05) is 7.05 Å². The Morgan fingerprint density at radius 2 is 2.08 bits per heavy atom. The van der Waals surface area contributed by atoms with Crippen molar-refractivity contribution in [2.24, 2.45) is 5.92 Å². The van der Waals surface area contributed by atoms with Gasteiger partial charge in [-0.05, 0) is 37.3 Å². The zero-order valence-corrected chi connectivity index (χ0v) is 15.6. The van der Waals surface area contributed by atoms with Gasteiger partial charge in [0.05, 0.1) is 23.7 Å². The van der Waals surface area contributed by atoms with Gasteiger partial charge in [-0.3, -0.25) is 19.8 Å². The van der Waals surface area contributed by atoms with Gasteiger partial charge in [0.25, 0.3) is 0 Å². The number of rotatable bonds is 3. The number of nitrogens with zero attached hydrogens (tertiary/aromatic N) is 3. The Labute approximate surface area is 154 Å². The predicted octanol–water partition coefficient (Wildman–Crippen LogP) is 3.22. The van der Waals surface area contributed by atoms with Gasteiger partial charge in [-0.2, -0.15) is 5.10 Å². The number of carbonyl (C=O) groups is 1. The molecule has 2 fully saturated rings. The third-order valence-electron chi connectivity index (χ3n) is 6.05. The van der Waals surface area contributed by atoms with Crippen LogP contribution in [-0.4, -0.2) is 33.6 Å². The SMILES string of the molecule is CN1C(=N)N[C@](C)(c2ccc3cnn(CC4CCCCC4)c3c2)CC1=O. The molecule has 0 spiro atoms. The van der Waals surface area contributed by atoms with Crippen LogP contribution in [0.3, 0.4) is 0 Å². The lowest BCUT2D eigenvalue weighted by Crippen LogP contribution is -2.58. The minimum absolute atomic E-state index is 0.0351. The number of hydrogen-bond donors (Lipinski definition) is 2. The van der Waals surface area contributed by atoms with Crippen LogP contribution in [0.5, 0.6) is 0 Å². The van der Waals surface area contributed by atoms with Crippen molar-refractivity contribution in [1.29, 1.82) is 5.41 Å². The first-order valence-electron chi connectivity index (χ1n) is 9.56. The van der Waals surface area contributed by atoms with Crippen LogP contribution < -0.4 is 5.32 Å². The molecule has 1 aromatic carbocycles. The van der Waals surface area contributed by atoms with Gasteiger partial charge >= 0.3 is 0 Å². The summed E-state index contributed by atoms with van der Waals surface area (Å²) in [5, 5.41) is 17.0. The van der Waals surface area contributed by atoms with Crippen LogP contribution >= 0.6 is 0 Å². The highest BCUT2D eigenvalue weighted by Gasteiger charge is 2.38. The van der Waals surface area contributed by atoms with Crippen molar-refractivity contribution in [3.8, 4) is 0 Å². The molecular weight excluding hydrogens is 326 g/mol. The number of hydrogen-bond acceptors (Lipinski definition) is 3. The third kappa shape index (κ3) is 2.97. The molecule has 1 saturated heterocycles. The van der Waals surface area contributed by atoms with E-state index < -0.39 is 5.54 Å². The fourth-order valence-electron chi connectivity index (χ4n) is 4.28. The molecule has 2 heterocycles. The molecule has 1 saturated carbocycles. The van der Waals surface area contributed by atoms with Crippen molar-refractivity contribution in [3.05, 3.63) is 30.0 Å². The monoisotopic (exact) mass is 353 g/mol. The van der Waals surface area contributed by atoms with E-state index in [4.69, 9.17) is 5.41 Å². The summed E-state index contributed by atoms with van der Waals surface area (Å²) in [6.07, 6.45) is 8.87. The summed E-state index contributed by atoms with van der Waals surface area (Å²) in [5.41, 5.74) is 1.59. The van der Waals surface area contributed by atoms with E-state index in [1.54, 1.807) is 7.05 Å². The summed E-state index contributed by atoms with van der Waals surface area (Å²) >= 11 is 0. The summed E-state index contributed by atoms with van der Waals surface area (Å²) in [5.74, 6) is 0.828. The number of guanidine groups is 1. The van der Waals surface area contributed by atoms with Crippen LogP contribution in [0.1, 0.15) is 51.0 Å². The lowest BCUT2D eigenvalue weighted by atomic mass is 9.86. The third-order valence-corrected chi connectivity index (χ3v) is 6.05. The zero-order chi connectivity index (χ0) is 18.3. The maximum atomic E-state index is 12.3. The van der Waals surface area contributed by atoms with Gasteiger partial charge in [0.2, 0.25) is 5.91 Å². The van der Waals surface area contributed by atoms with Gasteiger partial charge in [0.1, 0.15) is 0 Å². The fourth-order valence-corrected chi connectivity index (χ4v) is 4.28. The van der Waals surface area contributed by atoms with E-state index in [-0.39, 0.29) is 11.9 Å². The Morgan fingerprint density at radius 1 is 1.31 bits per heavy atom. The van der Waals surface area contributed by atoms with Crippen molar-refractivity contribution in [2.45, 2.75) is 57.5 Å². The average molecular weight is 353 g/mol. The molecule has 6 nitrogen and oxygen atoms in total. The second-order valence-electron chi connectivity index (χ2n) is 8.04. The van der Waals surface area contributed by atoms with E-state index in [0.717, 1.165) is 23.0 Å². The summed E-state index contributed by atoms with van der Waals surface area (Å²) in [7, 11) is 1.64. The van der Waals surface area contributed by atoms with Crippen molar-refractivity contribution in [3.63, 3.8) is 0 Å². The van der Waals surface area contributed by atoms with Gasteiger partial charge in [-0.15, -0.1) is 0 Å². The Balaban J connectivity index is 1.65. The number of nitrogens with one attached hydrogen (secondary N) is 2. The molecule has 0 radical (unpaired) electrons. The number of aromatic nitrogens is 2. The topological polar surface area (TPSA) is 74.0 Å². The molecule has 1 aromatic heterocycles. The maximum Gasteiger partial charge on any atom is 0.231 e. The van der Waals surface area contributed by atoms with Crippen molar-refractivity contribution in [1.82, 2.24) is 20.0 Å². The van der Waals surface area contributed by atoms with Crippen LogP contribution in [-0.2, 0) is 16.9 Å². The molecule has 1 aliphatic heterocycles. The number of carbonyl (C=O) groups excluding carboxylic acids is 1. The quantitative estimate of drug-likeness (QED) is 0.890. The molecular formula is C20H27N5O. The van der Waals surface area contributed by atoms with Crippen LogP contribution in [0.2, 0.25) is 0 Å². The van der Waals surface area contributed by atoms with E-state index in [9.17, 15) is 4.79 Å². The molecule has 1 aliphatic carbocycles. The summed E-state index contributed by atoms with van der Waals surface area (Å²) in [4.78, 5) is 13.6. The first-order chi connectivity index (χ1) is 12.5. The van der Waals surface area contributed by atoms with E-state index in [2.05, 4.69) is 27.2 Å². The Morgan fingerprint density at radius 3 is 2.81 bits per heavy atom. The van der Waals surface area contributed by atoms with E-state index >= 15 is 0 Å². The average Bonchev–Trinajstić information content (AvgIpc) is 3.03. The van der Waals surface area contributed by atoms with Crippen molar-refractivity contribution >= 4 is 22.8 Å². The smallest absolute Gasteiger partial charge is 0.231 e. The summed E-state index contributed by atoms with van der Waals surface area (Å²) < 4.78 is 2.13. The molecule has 26 heavy (non-hydrogen) atoms. The first-order valence-corrected chi connectivity index (χ1v) is 9.56. The Hall–Kier alpha value is -2.37. The Kier molecular flexibility index (Phi) is 4.21. The summed E-state index contributed by atoms with van der Waals surface area (Å²) in [6.45, 7) is 2.96. The van der Waals surface area contributed by atoms with Crippen LogP contribution in [0.4, 0.5) is 0 Å². The molecule has 1 atom stereocenters. The van der Waals surface area contributed by atoms with Gasteiger partial charge < -0.3 is 5.32 Å². The largest absolute Gasteiger partial charge is 0.346 e. The molecule has 2 aromatic rings. The highest BCUT2D eigenvalue weighted by molar-refractivity contribution is 5.99. The van der Waals surface area contributed by atoms with Gasteiger partial charge in [-0.1, -0.05) is 31.4 Å². The number of amides is 1. The minimum atomic E-state index is -0.561. The fraction of sp³-hybridized carbons (Fsp3) is 0.550. The molecule has 2 aliphatic rings. The lowest BCUT2D eigenvalue weighted by molar-refractivity contribution is -0.129. The van der Waals surface area contributed by atoms with Crippen LogP contribution in [0.15, 0.2) is 24.4 Å². The Bertz CT molecular complexity index is 831. The standard InChI is InChI=1S/C20H27N5O/c1-20(11-18(26)24(2)19(21)23-20)16-9-8-15-12-22-25(17(15)10-16)13-14-6-4-3-5-7-14/h8-10,12,14H,3-7,11,13H2,1-2H3,(H2,21,23)/t20-/m0/s1. The molecule has 0 unspecified atom stereocenters. The molecule has 2 N–H and O–H groups in total. The second-order valence-corrected chi connectivity index (χ2v) is 8.04. The highest BCUT2D eigenvalue weighted by atomic mass is 16.2. The molecule has 0 bridgehead atoms. The number of benzene rings is 1. The minimum Gasteiger partial charge on any atom is -0.346 e. The molecule has 138 valence electrons. The van der Waals surface area contributed by atoms with E-state index in [1.807, 2.05) is 19.2 Å². The van der Waals surface area contributed by atoms with Crippen molar-refractivity contribution < 1.29 is 4.79 Å². The molecule has 4 rings (SSSR count). The van der Waals surface area contributed by atoms with E-state index in [0.29, 0.717) is 12.3 Å². The summed E-state index contributed by atoms with van der Waals surface area (Å²) in [6, 6.07) is 6.27. The predicted molar refractivity (Wildman–Crippen MR) is 102 cm³/mol. The van der Waals surface area contributed by atoms with Gasteiger partial charge in [-0.25, -0.2) is 0 Å². The second kappa shape index (κ2) is 6.41. The zero-order valence-electron chi connectivity index (χ0n) is 15.6. The highest BCUT2D eigenvalue weighted by Crippen LogP contribution is 2.32. The maximum absolute atomic E-state index is 12.3. The number of fused-ring (bicyclic) bond motifs is 1. The van der Waals surface area contributed by atoms with Gasteiger partial charge in [0, 0.05) is 19.0 Å². The first kappa shape index (κ1) is 17.1.